The lowest BCUT2D eigenvalue weighted by Gasteiger charge is -2.05. The fourth-order valence-corrected chi connectivity index (χ4v) is 2.07. The number of rotatable bonds is 16. The van der Waals surface area contributed by atoms with Crippen molar-refractivity contribution in [3.63, 3.8) is 0 Å². The van der Waals surface area contributed by atoms with Gasteiger partial charge in [-0.05, 0) is 51.9 Å². The maximum absolute atomic E-state index is 5.66. The molecule has 0 saturated heterocycles. The van der Waals surface area contributed by atoms with E-state index in [1.54, 1.807) is 0 Å². The summed E-state index contributed by atoms with van der Waals surface area (Å²) in [6, 6.07) is 0. The number of unbranched alkanes of at least 4 members (excludes halogenated alkanes) is 6. The molecule has 0 rings (SSSR count). The van der Waals surface area contributed by atoms with Crippen molar-refractivity contribution in [3.8, 4) is 0 Å². The van der Waals surface area contributed by atoms with Gasteiger partial charge in [0.15, 0.2) is 0 Å². The summed E-state index contributed by atoms with van der Waals surface area (Å²) in [5.41, 5.74) is 0. The Hall–Kier alpha value is -0.120. The normalized spacial score (nSPS) is 11.1. The van der Waals surface area contributed by atoms with E-state index in [9.17, 15) is 0 Å². The van der Waals surface area contributed by atoms with Crippen LogP contribution < -0.4 is 10.6 Å². The fraction of sp³-hybridized carbons (Fsp3) is 1.00. The van der Waals surface area contributed by atoms with Gasteiger partial charge in [0.1, 0.15) is 0 Å². The van der Waals surface area contributed by atoms with E-state index in [1.165, 1.54) is 64.5 Å². The summed E-state index contributed by atoms with van der Waals surface area (Å²) in [6.45, 7) is 10.8. The quantitative estimate of drug-likeness (QED) is 0.423. The maximum atomic E-state index is 5.66. The Labute approximate surface area is 120 Å². The Morgan fingerprint density at radius 1 is 0.579 bits per heavy atom. The van der Waals surface area contributed by atoms with Crippen molar-refractivity contribution >= 4 is 0 Å². The van der Waals surface area contributed by atoms with E-state index in [2.05, 4.69) is 24.5 Å². The van der Waals surface area contributed by atoms with Crippen LogP contribution >= 0.6 is 0 Å². The molecule has 116 valence electrons. The first-order chi connectivity index (χ1) is 9.41. The van der Waals surface area contributed by atoms with E-state index in [0.717, 1.165) is 26.3 Å². The third kappa shape index (κ3) is 17.9. The van der Waals surface area contributed by atoms with Crippen LogP contribution in [0.5, 0.6) is 0 Å². The summed E-state index contributed by atoms with van der Waals surface area (Å²) in [4.78, 5) is 0. The van der Waals surface area contributed by atoms with Crippen molar-refractivity contribution in [2.45, 2.75) is 65.2 Å². The smallest absolute Gasteiger partial charge is 0.0466 e. The first-order valence-corrected chi connectivity index (χ1v) is 8.41. The SMILES string of the molecule is CCNCCCCCCOCCCCCCNCC. The van der Waals surface area contributed by atoms with Crippen LogP contribution in [0.2, 0.25) is 0 Å². The van der Waals surface area contributed by atoms with Crippen LogP contribution in [0.1, 0.15) is 65.2 Å². The minimum atomic E-state index is 0.957. The molecule has 0 aliphatic rings. The second kappa shape index (κ2) is 17.9. The molecule has 0 radical (unpaired) electrons. The van der Waals surface area contributed by atoms with Gasteiger partial charge in [0.05, 0.1) is 0 Å². The molecule has 19 heavy (non-hydrogen) atoms. The molecule has 0 amide bonds. The molecule has 3 nitrogen and oxygen atoms in total. The van der Waals surface area contributed by atoms with Gasteiger partial charge in [-0.2, -0.15) is 0 Å². The van der Waals surface area contributed by atoms with Crippen LogP contribution in [0.4, 0.5) is 0 Å². The summed E-state index contributed by atoms with van der Waals surface area (Å²) in [5.74, 6) is 0. The van der Waals surface area contributed by atoms with Gasteiger partial charge in [0.25, 0.3) is 0 Å². The lowest BCUT2D eigenvalue weighted by atomic mass is 10.2. The van der Waals surface area contributed by atoms with Gasteiger partial charge in [-0.25, -0.2) is 0 Å². The van der Waals surface area contributed by atoms with E-state index < -0.39 is 0 Å². The fourth-order valence-electron chi connectivity index (χ4n) is 2.07. The molecule has 0 aromatic heterocycles. The molecule has 0 aliphatic carbocycles. The maximum Gasteiger partial charge on any atom is 0.0466 e. The van der Waals surface area contributed by atoms with E-state index >= 15 is 0 Å². The zero-order valence-electron chi connectivity index (χ0n) is 13.3. The highest BCUT2D eigenvalue weighted by molar-refractivity contribution is 4.48. The third-order valence-electron chi connectivity index (χ3n) is 3.28. The minimum Gasteiger partial charge on any atom is -0.381 e. The number of hydrogen-bond acceptors (Lipinski definition) is 3. The second-order valence-electron chi connectivity index (χ2n) is 5.15. The minimum absolute atomic E-state index is 0.957. The largest absolute Gasteiger partial charge is 0.381 e. The lowest BCUT2D eigenvalue weighted by Crippen LogP contribution is -2.13. The van der Waals surface area contributed by atoms with Gasteiger partial charge in [-0.3, -0.25) is 0 Å². The molecule has 0 spiro atoms. The average Bonchev–Trinajstić information content (AvgIpc) is 2.43. The zero-order chi connectivity index (χ0) is 14.0. The van der Waals surface area contributed by atoms with Crippen molar-refractivity contribution in [1.29, 1.82) is 0 Å². The van der Waals surface area contributed by atoms with Crippen LogP contribution in [0.15, 0.2) is 0 Å². The van der Waals surface area contributed by atoms with Crippen molar-refractivity contribution in [3.05, 3.63) is 0 Å². The Balaban J connectivity index is 2.88. The standard InChI is InChI=1S/C16H36N2O/c1-3-17-13-9-5-7-11-15-19-16-12-8-6-10-14-18-4-2/h17-18H,3-16H2,1-2H3. The first-order valence-electron chi connectivity index (χ1n) is 8.41. The number of ether oxygens (including phenoxy) is 1. The molecular weight excluding hydrogens is 236 g/mol. The third-order valence-corrected chi connectivity index (χ3v) is 3.28. The topological polar surface area (TPSA) is 33.3 Å². The van der Waals surface area contributed by atoms with Gasteiger partial charge in [0.2, 0.25) is 0 Å². The summed E-state index contributed by atoms with van der Waals surface area (Å²) in [5, 5.41) is 6.71. The molecule has 0 aromatic carbocycles. The molecule has 0 aliphatic heterocycles. The van der Waals surface area contributed by atoms with Gasteiger partial charge in [0, 0.05) is 13.2 Å². The predicted molar refractivity (Wildman–Crippen MR) is 84.8 cm³/mol. The molecule has 0 atom stereocenters. The number of nitrogens with one attached hydrogen (secondary N) is 2. The van der Waals surface area contributed by atoms with Crippen LogP contribution in [0.25, 0.3) is 0 Å². The Kier molecular flexibility index (Phi) is 17.8. The van der Waals surface area contributed by atoms with Crippen LogP contribution in [-0.2, 0) is 4.74 Å². The van der Waals surface area contributed by atoms with Crippen LogP contribution in [-0.4, -0.2) is 39.4 Å². The van der Waals surface area contributed by atoms with Gasteiger partial charge >= 0.3 is 0 Å². The Bertz CT molecular complexity index is 138. The van der Waals surface area contributed by atoms with Crippen molar-refractivity contribution < 1.29 is 4.74 Å². The van der Waals surface area contributed by atoms with E-state index in [-0.39, 0.29) is 0 Å². The van der Waals surface area contributed by atoms with Gasteiger partial charge in [-0.1, -0.05) is 39.5 Å². The molecule has 0 heterocycles. The van der Waals surface area contributed by atoms with Gasteiger partial charge in [-0.15, -0.1) is 0 Å². The van der Waals surface area contributed by atoms with Crippen molar-refractivity contribution in [1.82, 2.24) is 10.6 Å². The van der Waals surface area contributed by atoms with Crippen molar-refractivity contribution in [2.75, 3.05) is 39.4 Å². The van der Waals surface area contributed by atoms with E-state index in [0.29, 0.717) is 0 Å². The summed E-state index contributed by atoms with van der Waals surface area (Å²) in [6.07, 6.45) is 10.4. The molecule has 0 saturated carbocycles. The molecular formula is C16H36N2O. The first kappa shape index (κ1) is 18.9. The molecule has 0 aromatic rings. The Morgan fingerprint density at radius 2 is 1.00 bits per heavy atom. The van der Waals surface area contributed by atoms with Crippen molar-refractivity contribution in [2.24, 2.45) is 0 Å². The lowest BCUT2D eigenvalue weighted by molar-refractivity contribution is 0.125. The summed E-state index contributed by atoms with van der Waals surface area (Å²) < 4.78 is 5.66. The molecule has 0 bridgehead atoms. The zero-order valence-corrected chi connectivity index (χ0v) is 13.3. The highest BCUT2D eigenvalue weighted by Gasteiger charge is 1.93. The molecule has 3 heteroatoms. The van der Waals surface area contributed by atoms with E-state index in [4.69, 9.17) is 4.74 Å². The molecule has 0 unspecified atom stereocenters. The van der Waals surface area contributed by atoms with Gasteiger partial charge < -0.3 is 15.4 Å². The monoisotopic (exact) mass is 272 g/mol. The van der Waals surface area contributed by atoms with E-state index in [1.807, 2.05) is 0 Å². The number of hydrogen-bond donors (Lipinski definition) is 2. The Morgan fingerprint density at radius 3 is 1.42 bits per heavy atom. The second-order valence-corrected chi connectivity index (χ2v) is 5.15. The molecule has 2 N–H and O–H groups in total. The summed E-state index contributed by atoms with van der Waals surface area (Å²) in [7, 11) is 0. The predicted octanol–water partition coefficient (Wildman–Crippen LogP) is 3.34. The van der Waals surface area contributed by atoms with Crippen LogP contribution in [0.3, 0.4) is 0 Å². The highest BCUT2D eigenvalue weighted by Crippen LogP contribution is 2.02. The highest BCUT2D eigenvalue weighted by atomic mass is 16.5. The molecule has 0 fully saturated rings. The summed E-state index contributed by atoms with van der Waals surface area (Å²) >= 11 is 0. The average molecular weight is 272 g/mol. The van der Waals surface area contributed by atoms with Crippen LogP contribution in [0, 0.1) is 0 Å².